The molecule has 0 aromatic heterocycles. The minimum atomic E-state index is -2.71. The number of hydrogen-bond donors (Lipinski definition) is 1. The lowest BCUT2D eigenvalue weighted by atomic mass is 9.87. The van der Waals surface area contributed by atoms with Crippen LogP contribution in [-0.4, -0.2) is 96.9 Å². The molecule has 2 unspecified atom stereocenters. The van der Waals surface area contributed by atoms with E-state index >= 15 is 0 Å². The van der Waals surface area contributed by atoms with Crippen molar-refractivity contribution in [2.75, 3.05) is 13.7 Å². The SMILES string of the molecule is COC(=O)[C@@]1(OC(C)=O)OC([C@H](OC(C)=O)[C@H](COC(C)=O)OC(C)=O)[C@H](NC(C)=O)[C@@H](OC(C)=O)C1Sc1ccccc1. The van der Waals surface area contributed by atoms with Gasteiger partial charge in [-0.15, -0.1) is 11.8 Å². The minimum Gasteiger partial charge on any atom is -0.464 e. The Balaban J connectivity index is 2.94. The number of methoxy groups -OCH3 is 1. The Hall–Kier alpha value is -4.18. The molecule has 1 aliphatic heterocycles. The smallest absolute Gasteiger partial charge is 0.381 e. The number of rotatable bonds is 12. The summed E-state index contributed by atoms with van der Waals surface area (Å²) in [6.07, 6.45) is -6.67. The summed E-state index contributed by atoms with van der Waals surface area (Å²) in [7, 11) is 0.989. The van der Waals surface area contributed by atoms with Crippen LogP contribution in [0.2, 0.25) is 0 Å². The predicted molar refractivity (Wildman–Crippen MR) is 148 cm³/mol. The number of esters is 6. The number of benzene rings is 1. The molecule has 1 fully saturated rings. The molecule has 7 atom stereocenters. The molecular formula is C28H35NO14S. The van der Waals surface area contributed by atoms with Crippen LogP contribution in [-0.2, 0) is 66.7 Å². The zero-order chi connectivity index (χ0) is 33.2. The van der Waals surface area contributed by atoms with Crippen LogP contribution in [0.1, 0.15) is 41.5 Å². The highest BCUT2D eigenvalue weighted by Crippen LogP contribution is 2.45. The second-order valence-corrected chi connectivity index (χ2v) is 10.7. The molecule has 1 heterocycles. The van der Waals surface area contributed by atoms with Gasteiger partial charge in [-0.3, -0.25) is 28.8 Å². The fourth-order valence-electron chi connectivity index (χ4n) is 4.52. The van der Waals surface area contributed by atoms with Gasteiger partial charge in [-0.1, -0.05) is 18.2 Å². The standard InChI is InChI=1S/C28H35NO14S/c1-14(30)29-22-24(23(40-17(4)33)21(39-16(3)32)13-38-15(2)31)43-28(27(36)37-7,42-19(6)35)26(25(22)41-18(5)34)44-20-11-9-8-10-12-20/h8-12,21-26H,13H2,1-7H3,(H,29,30)/t21-,22-,23+,24?,25+,26?,28-/m0/s1. The Morgan fingerprint density at radius 3 is 1.95 bits per heavy atom. The maximum absolute atomic E-state index is 13.6. The monoisotopic (exact) mass is 641 g/mol. The van der Waals surface area contributed by atoms with Gasteiger partial charge >= 0.3 is 41.6 Å². The molecule has 1 aliphatic rings. The number of ether oxygens (including phenoxy) is 7. The number of hydrogen-bond acceptors (Lipinski definition) is 15. The number of amides is 1. The van der Waals surface area contributed by atoms with Gasteiger partial charge in [-0.2, -0.15) is 0 Å². The molecule has 16 heteroatoms. The lowest BCUT2D eigenvalue weighted by molar-refractivity contribution is -0.300. The van der Waals surface area contributed by atoms with Crippen molar-refractivity contribution in [2.24, 2.45) is 0 Å². The fourth-order valence-corrected chi connectivity index (χ4v) is 5.84. The molecular weight excluding hydrogens is 606 g/mol. The average Bonchev–Trinajstić information content (AvgIpc) is 2.91. The summed E-state index contributed by atoms with van der Waals surface area (Å²) < 4.78 is 38.3. The number of nitrogens with one attached hydrogen (secondary N) is 1. The van der Waals surface area contributed by atoms with Gasteiger partial charge in [0.15, 0.2) is 12.2 Å². The van der Waals surface area contributed by atoms with Gasteiger partial charge in [-0.05, 0) is 12.1 Å². The summed E-state index contributed by atoms with van der Waals surface area (Å²) >= 11 is 0.905. The first-order valence-corrected chi connectivity index (χ1v) is 14.1. The van der Waals surface area contributed by atoms with Crippen molar-refractivity contribution >= 4 is 53.5 Å². The van der Waals surface area contributed by atoms with E-state index in [1.807, 2.05) is 0 Å². The molecule has 15 nitrogen and oxygen atoms in total. The first-order chi connectivity index (χ1) is 20.6. The van der Waals surface area contributed by atoms with Gasteiger partial charge < -0.3 is 38.5 Å². The third kappa shape index (κ3) is 9.67. The Morgan fingerprint density at radius 2 is 1.48 bits per heavy atom. The zero-order valence-corrected chi connectivity index (χ0v) is 26.0. The first kappa shape index (κ1) is 36.0. The number of carbonyl (C=O) groups is 7. The van der Waals surface area contributed by atoms with Crippen molar-refractivity contribution in [3.63, 3.8) is 0 Å². The van der Waals surface area contributed by atoms with Crippen molar-refractivity contribution in [2.45, 2.75) is 87.9 Å². The molecule has 0 aliphatic carbocycles. The maximum atomic E-state index is 13.6. The summed E-state index contributed by atoms with van der Waals surface area (Å²) in [6.45, 7) is 5.64. The number of thioether (sulfide) groups is 1. The summed E-state index contributed by atoms with van der Waals surface area (Å²) in [4.78, 5) is 87.8. The van der Waals surface area contributed by atoms with Crippen LogP contribution in [0.25, 0.3) is 0 Å². The van der Waals surface area contributed by atoms with Gasteiger partial charge in [0.25, 0.3) is 0 Å². The largest absolute Gasteiger partial charge is 0.464 e. The lowest BCUT2D eigenvalue weighted by Gasteiger charge is -2.51. The van der Waals surface area contributed by atoms with Crippen molar-refractivity contribution < 1.29 is 66.7 Å². The Labute approximate surface area is 257 Å². The maximum Gasteiger partial charge on any atom is 0.381 e. The zero-order valence-electron chi connectivity index (χ0n) is 25.2. The molecule has 0 bridgehead atoms. The van der Waals surface area contributed by atoms with Crippen molar-refractivity contribution in [3.05, 3.63) is 30.3 Å². The highest BCUT2D eigenvalue weighted by Gasteiger charge is 2.66. The van der Waals surface area contributed by atoms with Gasteiger partial charge in [0, 0.05) is 46.4 Å². The highest BCUT2D eigenvalue weighted by atomic mass is 32.2. The van der Waals surface area contributed by atoms with E-state index in [9.17, 15) is 33.6 Å². The second-order valence-electron chi connectivity index (χ2n) is 9.51. The van der Waals surface area contributed by atoms with Crippen LogP contribution in [0.5, 0.6) is 0 Å². The summed E-state index contributed by atoms with van der Waals surface area (Å²) in [5.41, 5.74) is 0. The molecule has 1 N–H and O–H groups in total. The lowest BCUT2D eigenvalue weighted by Crippen LogP contribution is -2.74. The Kier molecular flexibility index (Phi) is 13.1. The van der Waals surface area contributed by atoms with Crippen LogP contribution >= 0.6 is 11.8 Å². The summed E-state index contributed by atoms with van der Waals surface area (Å²) in [5.74, 6) is -9.14. The van der Waals surface area contributed by atoms with Crippen molar-refractivity contribution in [1.29, 1.82) is 0 Å². The van der Waals surface area contributed by atoms with E-state index in [4.69, 9.17) is 33.2 Å². The van der Waals surface area contributed by atoms with E-state index in [0.29, 0.717) is 4.90 Å². The van der Waals surface area contributed by atoms with Gasteiger partial charge in [0.05, 0.1) is 13.2 Å². The number of carbonyl (C=O) groups excluding carboxylic acids is 7. The van der Waals surface area contributed by atoms with E-state index in [1.54, 1.807) is 30.3 Å². The predicted octanol–water partition coefficient (Wildman–Crippen LogP) is 0.841. The van der Waals surface area contributed by atoms with Crippen molar-refractivity contribution in [1.82, 2.24) is 5.32 Å². The highest BCUT2D eigenvalue weighted by molar-refractivity contribution is 8.00. The fraction of sp³-hybridized carbons (Fsp3) is 0.536. The third-order valence-electron chi connectivity index (χ3n) is 5.90. The average molecular weight is 642 g/mol. The normalized spacial score (nSPS) is 24.0. The molecule has 0 spiro atoms. The molecule has 1 saturated heterocycles. The molecule has 0 saturated carbocycles. The molecule has 2 rings (SSSR count). The topological polar surface area (TPSA) is 196 Å². The van der Waals surface area contributed by atoms with Crippen LogP contribution in [0.15, 0.2) is 35.2 Å². The van der Waals surface area contributed by atoms with E-state index in [2.05, 4.69) is 5.32 Å². The molecule has 1 amide bonds. The van der Waals surface area contributed by atoms with E-state index < -0.39 is 89.8 Å². The third-order valence-corrected chi connectivity index (χ3v) is 7.27. The first-order valence-electron chi connectivity index (χ1n) is 13.2. The molecule has 1 aromatic carbocycles. The van der Waals surface area contributed by atoms with Gasteiger partial charge in [-0.25, -0.2) is 4.79 Å². The molecule has 1 aromatic rings. The van der Waals surface area contributed by atoms with Crippen molar-refractivity contribution in [3.8, 4) is 0 Å². The summed E-state index contributed by atoms with van der Waals surface area (Å²) in [6, 6.07) is 6.95. The van der Waals surface area contributed by atoms with E-state index in [-0.39, 0.29) is 0 Å². The minimum absolute atomic E-state index is 0.503. The van der Waals surface area contributed by atoms with E-state index in [0.717, 1.165) is 60.4 Å². The Bertz CT molecular complexity index is 1240. The second kappa shape index (κ2) is 16.0. The quantitative estimate of drug-likeness (QED) is 0.249. The molecule has 0 radical (unpaired) electrons. The summed E-state index contributed by atoms with van der Waals surface area (Å²) in [5, 5.41) is 1.14. The van der Waals surface area contributed by atoms with Crippen LogP contribution < -0.4 is 5.32 Å². The van der Waals surface area contributed by atoms with Crippen LogP contribution in [0.4, 0.5) is 0 Å². The van der Waals surface area contributed by atoms with Crippen LogP contribution in [0.3, 0.4) is 0 Å². The van der Waals surface area contributed by atoms with Gasteiger partial charge in [0.1, 0.15) is 24.1 Å². The van der Waals surface area contributed by atoms with Gasteiger partial charge in [0.2, 0.25) is 5.91 Å². The van der Waals surface area contributed by atoms with E-state index in [1.165, 1.54) is 0 Å². The molecule has 44 heavy (non-hydrogen) atoms. The molecule has 242 valence electrons. The van der Waals surface area contributed by atoms with Crippen LogP contribution in [0, 0.1) is 0 Å². The Morgan fingerprint density at radius 1 is 0.864 bits per heavy atom.